The highest BCUT2D eigenvalue weighted by atomic mass is 32.1. The van der Waals surface area contributed by atoms with Crippen LogP contribution in [-0.2, 0) is 4.79 Å². The zero-order valence-electron chi connectivity index (χ0n) is 19.0. The summed E-state index contributed by atoms with van der Waals surface area (Å²) >= 11 is 1.35. The normalized spacial score (nSPS) is 14.4. The molecule has 0 bridgehead atoms. The number of anilines is 1. The first-order chi connectivity index (χ1) is 17.0. The van der Waals surface area contributed by atoms with Crippen molar-refractivity contribution in [2.24, 2.45) is 0 Å². The van der Waals surface area contributed by atoms with Crippen molar-refractivity contribution in [2.45, 2.75) is 19.4 Å². The number of aromatic nitrogens is 1. The Bertz CT molecular complexity index is 1370. The lowest BCUT2D eigenvalue weighted by atomic mass is 9.97. The van der Waals surface area contributed by atoms with Gasteiger partial charge in [0.1, 0.15) is 17.2 Å². The van der Waals surface area contributed by atoms with Crippen LogP contribution in [0.25, 0.3) is 11.3 Å². The fourth-order valence-electron chi connectivity index (χ4n) is 3.91. The van der Waals surface area contributed by atoms with Crippen LogP contribution in [0.1, 0.15) is 35.3 Å². The van der Waals surface area contributed by atoms with E-state index in [-0.39, 0.29) is 17.9 Å². The lowest BCUT2D eigenvalue weighted by Crippen LogP contribution is -2.30. The van der Waals surface area contributed by atoms with Gasteiger partial charge in [0.15, 0.2) is 5.13 Å². The number of ether oxygens (including phenoxy) is 2. The van der Waals surface area contributed by atoms with E-state index in [1.807, 2.05) is 53.9 Å². The highest BCUT2D eigenvalue weighted by Crippen LogP contribution is 2.36. The third kappa shape index (κ3) is 5.33. The van der Waals surface area contributed by atoms with Gasteiger partial charge in [-0.25, -0.2) is 4.98 Å². The van der Waals surface area contributed by atoms with Crippen LogP contribution in [0.4, 0.5) is 5.13 Å². The van der Waals surface area contributed by atoms with Crippen LogP contribution in [0.5, 0.6) is 17.2 Å². The molecule has 176 valence electrons. The topological polar surface area (TPSA) is 89.6 Å². The highest BCUT2D eigenvalue weighted by molar-refractivity contribution is 7.14. The van der Waals surface area contributed by atoms with Crippen LogP contribution in [-0.4, -0.2) is 23.4 Å². The molecule has 5 rings (SSSR count). The van der Waals surface area contributed by atoms with E-state index < -0.39 is 0 Å². The van der Waals surface area contributed by atoms with Gasteiger partial charge >= 0.3 is 0 Å². The summed E-state index contributed by atoms with van der Waals surface area (Å²) in [5.74, 6) is 1.69. The smallest absolute Gasteiger partial charge is 0.257 e. The molecule has 4 aromatic rings. The molecule has 2 N–H and O–H groups in total. The molecule has 0 radical (unpaired) electrons. The number of nitrogens with zero attached hydrogens (tertiary/aromatic N) is 1. The van der Waals surface area contributed by atoms with Crippen molar-refractivity contribution < 1.29 is 19.1 Å². The summed E-state index contributed by atoms with van der Waals surface area (Å²) in [6, 6.07) is 22.1. The quantitative estimate of drug-likeness (QED) is 0.360. The van der Waals surface area contributed by atoms with Crippen LogP contribution in [0, 0.1) is 0 Å². The van der Waals surface area contributed by atoms with Gasteiger partial charge in [-0.3, -0.25) is 14.9 Å². The summed E-state index contributed by atoms with van der Waals surface area (Å²) in [4.78, 5) is 29.0. The predicted octanol–water partition coefficient (Wildman–Crippen LogP) is 5.81. The summed E-state index contributed by atoms with van der Waals surface area (Å²) in [6.07, 6.45) is 0.710. The number of fused-ring (bicyclic) bond motifs is 1. The number of benzene rings is 3. The van der Waals surface area contributed by atoms with Crippen molar-refractivity contribution >= 4 is 28.3 Å². The molecule has 3 aromatic carbocycles. The Balaban J connectivity index is 1.30. The molecule has 1 atom stereocenters. The van der Waals surface area contributed by atoms with Crippen molar-refractivity contribution in [1.29, 1.82) is 0 Å². The van der Waals surface area contributed by atoms with E-state index in [1.54, 1.807) is 24.3 Å². The Morgan fingerprint density at radius 3 is 2.69 bits per heavy atom. The molecule has 0 spiro atoms. The van der Waals surface area contributed by atoms with E-state index in [9.17, 15) is 9.59 Å². The van der Waals surface area contributed by atoms with Crippen LogP contribution < -0.4 is 20.1 Å². The molecule has 0 saturated carbocycles. The Kier molecular flexibility index (Phi) is 6.45. The Hall–Kier alpha value is -4.17. The monoisotopic (exact) mass is 485 g/mol. The summed E-state index contributed by atoms with van der Waals surface area (Å²) in [6.45, 7) is 2.07. The molecular formula is C27H23N3O4S. The van der Waals surface area contributed by atoms with E-state index in [2.05, 4.69) is 15.6 Å². The molecule has 8 heteroatoms. The summed E-state index contributed by atoms with van der Waals surface area (Å²) in [5, 5.41) is 8.23. The second kappa shape index (κ2) is 9.99. The van der Waals surface area contributed by atoms with Crippen molar-refractivity contribution in [3.05, 3.63) is 89.3 Å². The third-order valence-corrected chi connectivity index (χ3v) is 6.28. The van der Waals surface area contributed by atoms with Gasteiger partial charge in [0, 0.05) is 35.4 Å². The number of nitrogens with one attached hydrogen (secondary N) is 2. The largest absolute Gasteiger partial charge is 0.493 e. The molecular weight excluding hydrogens is 462 g/mol. The maximum atomic E-state index is 12.8. The van der Waals surface area contributed by atoms with Crippen molar-refractivity contribution in [3.8, 4) is 28.5 Å². The van der Waals surface area contributed by atoms with Gasteiger partial charge in [-0.05, 0) is 48.5 Å². The van der Waals surface area contributed by atoms with E-state index in [0.717, 1.165) is 22.6 Å². The zero-order chi connectivity index (χ0) is 24.2. The standard InChI is InChI=1S/C27H23N3O4S/c1-17(31)28-23-12-13-33-25-11-10-18(15-22(23)25)24-16-35-27(29-24)30-26(32)19-6-5-9-21(14-19)34-20-7-3-2-4-8-20/h2-11,14-16,23H,12-13H2,1H3,(H,28,31)(H,29,30,32). The molecule has 1 unspecified atom stereocenters. The van der Waals surface area contributed by atoms with Gasteiger partial charge in [0.25, 0.3) is 5.91 Å². The number of thiazole rings is 1. The second-order valence-corrected chi connectivity index (χ2v) is 8.94. The van der Waals surface area contributed by atoms with Gasteiger partial charge in [0.05, 0.1) is 18.3 Å². The van der Waals surface area contributed by atoms with E-state index in [1.165, 1.54) is 18.3 Å². The molecule has 7 nitrogen and oxygen atoms in total. The van der Waals surface area contributed by atoms with Gasteiger partial charge < -0.3 is 14.8 Å². The number of amides is 2. The average molecular weight is 486 g/mol. The van der Waals surface area contributed by atoms with Crippen molar-refractivity contribution in [3.63, 3.8) is 0 Å². The van der Waals surface area contributed by atoms with E-state index in [4.69, 9.17) is 9.47 Å². The molecule has 1 aliphatic heterocycles. The summed E-state index contributed by atoms with van der Waals surface area (Å²) < 4.78 is 11.6. The van der Waals surface area contributed by atoms with E-state index in [0.29, 0.717) is 35.2 Å². The molecule has 35 heavy (non-hydrogen) atoms. The van der Waals surface area contributed by atoms with Crippen molar-refractivity contribution in [1.82, 2.24) is 10.3 Å². The molecule has 0 fully saturated rings. The first-order valence-electron chi connectivity index (χ1n) is 11.2. The van der Waals surface area contributed by atoms with Gasteiger partial charge in [0.2, 0.25) is 5.91 Å². The lowest BCUT2D eigenvalue weighted by molar-refractivity contribution is -0.119. The predicted molar refractivity (Wildman–Crippen MR) is 135 cm³/mol. The fraction of sp³-hybridized carbons (Fsp3) is 0.148. The van der Waals surface area contributed by atoms with E-state index >= 15 is 0 Å². The minimum atomic E-state index is -0.269. The molecule has 0 aliphatic carbocycles. The number of para-hydroxylation sites is 1. The van der Waals surface area contributed by atoms with Crippen LogP contribution in [0.3, 0.4) is 0 Å². The number of hydrogen-bond acceptors (Lipinski definition) is 6. The van der Waals surface area contributed by atoms with Crippen LogP contribution >= 0.6 is 11.3 Å². The minimum absolute atomic E-state index is 0.0786. The first-order valence-corrected chi connectivity index (χ1v) is 12.1. The Morgan fingerprint density at radius 2 is 1.86 bits per heavy atom. The Morgan fingerprint density at radius 1 is 1.03 bits per heavy atom. The molecule has 2 heterocycles. The Labute approximate surface area is 206 Å². The average Bonchev–Trinajstić information content (AvgIpc) is 3.33. The maximum Gasteiger partial charge on any atom is 0.257 e. The van der Waals surface area contributed by atoms with Gasteiger partial charge in [-0.15, -0.1) is 11.3 Å². The number of carbonyl (C=O) groups excluding carboxylic acids is 2. The third-order valence-electron chi connectivity index (χ3n) is 5.52. The molecule has 1 aliphatic rings. The first kappa shape index (κ1) is 22.6. The molecule has 0 saturated heterocycles. The SMILES string of the molecule is CC(=O)NC1CCOc2ccc(-c3csc(NC(=O)c4cccc(Oc5ccccc5)c4)n3)cc21. The molecule has 2 amide bonds. The summed E-state index contributed by atoms with van der Waals surface area (Å²) in [7, 11) is 0. The number of rotatable bonds is 6. The van der Waals surface area contributed by atoms with Gasteiger partial charge in [-0.1, -0.05) is 24.3 Å². The minimum Gasteiger partial charge on any atom is -0.493 e. The summed E-state index contributed by atoms with van der Waals surface area (Å²) in [5.41, 5.74) is 3.03. The highest BCUT2D eigenvalue weighted by Gasteiger charge is 2.23. The second-order valence-electron chi connectivity index (χ2n) is 8.08. The zero-order valence-corrected chi connectivity index (χ0v) is 19.8. The number of hydrogen-bond donors (Lipinski definition) is 2. The van der Waals surface area contributed by atoms with Crippen molar-refractivity contribution in [2.75, 3.05) is 11.9 Å². The fourth-order valence-corrected chi connectivity index (χ4v) is 4.62. The van der Waals surface area contributed by atoms with Gasteiger partial charge in [-0.2, -0.15) is 0 Å². The van der Waals surface area contributed by atoms with Crippen LogP contribution in [0.15, 0.2) is 78.2 Å². The number of carbonyl (C=O) groups is 2. The lowest BCUT2D eigenvalue weighted by Gasteiger charge is -2.26. The van der Waals surface area contributed by atoms with Crippen LogP contribution in [0.2, 0.25) is 0 Å². The maximum absolute atomic E-state index is 12.8. The molecule has 1 aromatic heterocycles.